The van der Waals surface area contributed by atoms with Crippen molar-refractivity contribution in [2.75, 3.05) is 0 Å². The third-order valence-corrected chi connectivity index (χ3v) is 8.33. The Kier molecular flexibility index (Phi) is 3.47. The van der Waals surface area contributed by atoms with Crippen LogP contribution in [0.3, 0.4) is 0 Å². The molecule has 0 spiro atoms. The van der Waals surface area contributed by atoms with E-state index >= 15 is 0 Å². The molecule has 3 fully saturated rings. The van der Waals surface area contributed by atoms with Gasteiger partial charge in [0, 0.05) is 5.92 Å². The van der Waals surface area contributed by atoms with E-state index < -0.39 is 5.41 Å². The van der Waals surface area contributed by atoms with E-state index in [2.05, 4.69) is 13.8 Å². The largest absolute Gasteiger partial charge is 0.300 e. The molecule has 4 aliphatic carbocycles. The van der Waals surface area contributed by atoms with E-state index in [1.165, 1.54) is 0 Å². The number of ketones is 3. The number of fused-ring (bicyclic) bond motifs is 5. The SMILES string of the molecule is CC(=O)[C@@H]1CC[C@@H]2[C@H]3CCC4=CC(=O)CC(=O)[C@@]4(C)[C@@H]3CC[C@]21C. The number of hydrogen-bond acceptors (Lipinski definition) is 3. The summed E-state index contributed by atoms with van der Waals surface area (Å²) in [5.41, 5.74) is 0.791. The Bertz CT molecular complexity index is 660. The van der Waals surface area contributed by atoms with Gasteiger partial charge in [0.15, 0.2) is 11.6 Å². The van der Waals surface area contributed by atoms with Gasteiger partial charge in [-0.1, -0.05) is 12.5 Å². The Labute approximate surface area is 144 Å². The van der Waals surface area contributed by atoms with Gasteiger partial charge in [-0.3, -0.25) is 14.4 Å². The summed E-state index contributed by atoms with van der Waals surface area (Å²) < 4.78 is 0. The van der Waals surface area contributed by atoms with Crippen LogP contribution in [0.25, 0.3) is 0 Å². The highest BCUT2D eigenvalue weighted by Crippen LogP contribution is 2.66. The first-order valence-electron chi connectivity index (χ1n) is 9.56. The molecule has 3 heteroatoms. The second-order valence-electron chi connectivity index (χ2n) is 9.14. The number of carbonyl (C=O) groups is 3. The Morgan fingerprint density at radius 2 is 1.83 bits per heavy atom. The van der Waals surface area contributed by atoms with Crippen LogP contribution in [0, 0.1) is 34.5 Å². The second-order valence-corrected chi connectivity index (χ2v) is 9.14. The first kappa shape index (κ1) is 16.2. The summed E-state index contributed by atoms with van der Waals surface area (Å²) in [6, 6.07) is 0. The molecule has 6 atom stereocenters. The van der Waals surface area contributed by atoms with Crippen LogP contribution in [0.2, 0.25) is 0 Å². The van der Waals surface area contributed by atoms with E-state index in [4.69, 9.17) is 0 Å². The van der Waals surface area contributed by atoms with Gasteiger partial charge in [0.25, 0.3) is 0 Å². The quantitative estimate of drug-likeness (QED) is 0.686. The van der Waals surface area contributed by atoms with Crippen LogP contribution < -0.4 is 0 Å². The molecule has 0 aromatic carbocycles. The van der Waals surface area contributed by atoms with E-state index in [0.717, 1.165) is 44.1 Å². The molecule has 4 aliphatic rings. The lowest BCUT2D eigenvalue weighted by Gasteiger charge is -2.57. The minimum atomic E-state index is -0.424. The molecule has 3 saturated carbocycles. The predicted molar refractivity (Wildman–Crippen MR) is 91.3 cm³/mol. The number of allylic oxidation sites excluding steroid dienone is 1. The van der Waals surface area contributed by atoms with Gasteiger partial charge >= 0.3 is 0 Å². The summed E-state index contributed by atoms with van der Waals surface area (Å²) in [6.45, 7) is 6.18. The molecule has 130 valence electrons. The lowest BCUT2D eigenvalue weighted by molar-refractivity contribution is -0.142. The zero-order valence-corrected chi connectivity index (χ0v) is 15.1. The summed E-state index contributed by atoms with van der Waals surface area (Å²) in [7, 11) is 0. The van der Waals surface area contributed by atoms with E-state index in [1.807, 2.05) is 0 Å². The standard InChI is InChI=1S/C21H28O3/c1-12(22)16-6-7-17-15-5-4-13-10-14(23)11-19(24)21(13,3)18(15)8-9-20(16,17)2/h10,15-18H,4-9,11H2,1-3H3/t15-,16+,17-,18-,20+,21-/m1/s1. The average molecular weight is 328 g/mol. The van der Waals surface area contributed by atoms with Crippen molar-refractivity contribution in [3.05, 3.63) is 11.6 Å². The van der Waals surface area contributed by atoms with Crippen LogP contribution in [-0.2, 0) is 14.4 Å². The molecule has 0 aliphatic heterocycles. The van der Waals surface area contributed by atoms with Crippen LogP contribution in [0.4, 0.5) is 0 Å². The number of rotatable bonds is 1. The Hall–Kier alpha value is -1.25. The number of Topliss-reactive ketones (excluding diaryl/α,β-unsaturated/α-hetero) is 2. The molecule has 0 saturated heterocycles. The molecule has 0 bridgehead atoms. The van der Waals surface area contributed by atoms with Crippen molar-refractivity contribution in [2.24, 2.45) is 34.5 Å². The third kappa shape index (κ3) is 1.93. The molecule has 0 amide bonds. The highest BCUT2D eigenvalue weighted by Gasteiger charge is 2.61. The molecule has 24 heavy (non-hydrogen) atoms. The predicted octanol–water partition coefficient (Wildman–Crippen LogP) is 3.90. The average Bonchev–Trinajstić information content (AvgIpc) is 2.86. The first-order chi connectivity index (χ1) is 11.3. The van der Waals surface area contributed by atoms with E-state index in [-0.39, 0.29) is 29.3 Å². The molecule has 4 rings (SSSR count). The molecule has 0 heterocycles. The monoisotopic (exact) mass is 328 g/mol. The molecule has 0 N–H and O–H groups in total. The summed E-state index contributed by atoms with van der Waals surface area (Å²) >= 11 is 0. The van der Waals surface area contributed by atoms with E-state index in [9.17, 15) is 14.4 Å². The molecule has 0 aromatic heterocycles. The topological polar surface area (TPSA) is 51.2 Å². The van der Waals surface area contributed by atoms with E-state index in [0.29, 0.717) is 23.5 Å². The van der Waals surface area contributed by atoms with Crippen molar-refractivity contribution in [1.29, 1.82) is 0 Å². The van der Waals surface area contributed by atoms with E-state index in [1.54, 1.807) is 13.0 Å². The van der Waals surface area contributed by atoms with Crippen molar-refractivity contribution in [3.63, 3.8) is 0 Å². The Morgan fingerprint density at radius 1 is 1.08 bits per heavy atom. The minimum Gasteiger partial charge on any atom is -0.300 e. The van der Waals surface area contributed by atoms with Crippen molar-refractivity contribution in [1.82, 2.24) is 0 Å². The number of carbonyl (C=O) groups excluding carboxylic acids is 3. The maximum atomic E-state index is 12.8. The van der Waals surface area contributed by atoms with Gasteiger partial charge in [0.1, 0.15) is 5.78 Å². The molecule has 3 nitrogen and oxygen atoms in total. The zero-order chi connectivity index (χ0) is 17.3. The lowest BCUT2D eigenvalue weighted by Crippen LogP contribution is -2.54. The molecular formula is C21H28O3. The maximum Gasteiger partial charge on any atom is 0.163 e. The van der Waals surface area contributed by atoms with Gasteiger partial charge in [0.2, 0.25) is 0 Å². The fraction of sp³-hybridized carbons (Fsp3) is 0.762. The fourth-order valence-corrected chi connectivity index (χ4v) is 7.09. The third-order valence-electron chi connectivity index (χ3n) is 8.33. The van der Waals surface area contributed by atoms with Crippen LogP contribution >= 0.6 is 0 Å². The van der Waals surface area contributed by atoms with Gasteiger partial charge < -0.3 is 0 Å². The minimum absolute atomic E-state index is 0.0101. The highest BCUT2D eigenvalue weighted by atomic mass is 16.2. The van der Waals surface area contributed by atoms with Crippen LogP contribution in [0.15, 0.2) is 11.6 Å². The van der Waals surface area contributed by atoms with Gasteiger partial charge in [-0.15, -0.1) is 0 Å². The molecular weight excluding hydrogens is 300 g/mol. The highest BCUT2D eigenvalue weighted by molar-refractivity contribution is 6.11. The maximum absolute atomic E-state index is 12.8. The van der Waals surface area contributed by atoms with Crippen LogP contribution in [-0.4, -0.2) is 17.3 Å². The lowest BCUT2D eigenvalue weighted by atomic mass is 9.46. The van der Waals surface area contributed by atoms with Crippen molar-refractivity contribution in [3.8, 4) is 0 Å². The summed E-state index contributed by atoms with van der Waals surface area (Å²) in [5.74, 6) is 2.15. The van der Waals surface area contributed by atoms with Crippen LogP contribution in [0.5, 0.6) is 0 Å². The summed E-state index contributed by atoms with van der Waals surface area (Å²) in [4.78, 5) is 36.8. The molecule has 0 radical (unpaired) electrons. The van der Waals surface area contributed by atoms with Gasteiger partial charge in [-0.2, -0.15) is 0 Å². The van der Waals surface area contributed by atoms with Gasteiger partial charge in [-0.05, 0) is 81.6 Å². The van der Waals surface area contributed by atoms with Crippen molar-refractivity contribution in [2.45, 2.75) is 65.7 Å². The second kappa shape index (κ2) is 5.12. The Balaban J connectivity index is 1.71. The van der Waals surface area contributed by atoms with Gasteiger partial charge in [-0.25, -0.2) is 0 Å². The van der Waals surface area contributed by atoms with Crippen LogP contribution in [0.1, 0.15) is 65.7 Å². The zero-order valence-electron chi connectivity index (χ0n) is 15.1. The van der Waals surface area contributed by atoms with Crippen molar-refractivity contribution >= 4 is 17.3 Å². The molecule has 0 unspecified atom stereocenters. The first-order valence-corrected chi connectivity index (χ1v) is 9.56. The van der Waals surface area contributed by atoms with Gasteiger partial charge in [0.05, 0.1) is 11.8 Å². The smallest absolute Gasteiger partial charge is 0.163 e. The fourth-order valence-electron chi connectivity index (χ4n) is 7.09. The number of hydrogen-bond donors (Lipinski definition) is 0. The van der Waals surface area contributed by atoms with Crippen molar-refractivity contribution < 1.29 is 14.4 Å². The summed E-state index contributed by atoms with van der Waals surface area (Å²) in [6.07, 6.45) is 8.04. The normalized spacial score (nSPS) is 47.5. The summed E-state index contributed by atoms with van der Waals surface area (Å²) in [5, 5.41) is 0. The molecule has 0 aromatic rings. The Morgan fingerprint density at radius 3 is 2.54 bits per heavy atom.